The van der Waals surface area contributed by atoms with E-state index >= 15 is 0 Å². The first-order valence-corrected chi connectivity index (χ1v) is 5.67. The highest BCUT2D eigenvalue weighted by atomic mass is 32.2. The monoisotopic (exact) mass is 228 g/mol. The number of rotatable bonds is 3. The van der Waals surface area contributed by atoms with Crippen LogP contribution in [0.2, 0.25) is 0 Å². The third-order valence-corrected chi connectivity index (χ3v) is 2.35. The Labute approximate surface area is 81.0 Å². The van der Waals surface area contributed by atoms with Gasteiger partial charge in [-0.3, -0.25) is 4.18 Å². The van der Waals surface area contributed by atoms with Gasteiger partial charge in [0.25, 0.3) is 10.1 Å². The van der Waals surface area contributed by atoms with E-state index in [0.29, 0.717) is 0 Å². The van der Waals surface area contributed by atoms with E-state index in [1.807, 2.05) is 0 Å². The van der Waals surface area contributed by atoms with Crippen molar-refractivity contribution >= 4 is 10.1 Å². The molecule has 1 rings (SSSR count). The Morgan fingerprint density at radius 2 is 2.00 bits per heavy atom. The minimum absolute atomic E-state index is 0.526. The second kappa shape index (κ2) is 4.09. The number of aliphatic hydroxyl groups excluding tert-OH is 3. The van der Waals surface area contributed by atoms with Crippen LogP contribution in [0.5, 0.6) is 0 Å². The summed E-state index contributed by atoms with van der Waals surface area (Å²) in [4.78, 5) is 0. The normalized spacial score (nSPS) is 38.9. The first kappa shape index (κ1) is 11.8. The second-order valence-corrected chi connectivity index (χ2v) is 4.60. The fourth-order valence-corrected chi connectivity index (χ4v) is 1.79. The van der Waals surface area contributed by atoms with E-state index < -0.39 is 41.3 Å². The van der Waals surface area contributed by atoms with Crippen molar-refractivity contribution in [2.75, 3.05) is 12.9 Å². The highest BCUT2D eigenvalue weighted by molar-refractivity contribution is 7.86. The van der Waals surface area contributed by atoms with Gasteiger partial charge in [0, 0.05) is 0 Å². The van der Waals surface area contributed by atoms with Crippen molar-refractivity contribution in [1.29, 1.82) is 0 Å². The van der Waals surface area contributed by atoms with Crippen LogP contribution in [-0.2, 0) is 19.0 Å². The van der Waals surface area contributed by atoms with E-state index in [2.05, 4.69) is 8.92 Å². The summed E-state index contributed by atoms with van der Waals surface area (Å²) in [5.41, 5.74) is 0. The van der Waals surface area contributed by atoms with Crippen LogP contribution in [0, 0.1) is 0 Å². The zero-order valence-electron chi connectivity index (χ0n) is 7.40. The summed E-state index contributed by atoms with van der Waals surface area (Å²) in [7, 11) is -3.79. The summed E-state index contributed by atoms with van der Waals surface area (Å²) in [6.07, 6.45) is -4.56. The summed E-state index contributed by atoms with van der Waals surface area (Å²) in [5.74, 6) is 0. The van der Waals surface area contributed by atoms with Gasteiger partial charge in [-0.15, -0.1) is 0 Å². The van der Waals surface area contributed by atoms with Gasteiger partial charge in [0.05, 0.1) is 12.9 Å². The molecule has 0 bridgehead atoms. The van der Waals surface area contributed by atoms with E-state index in [1.165, 1.54) is 0 Å². The number of hydrogen-bond donors (Lipinski definition) is 3. The quantitative estimate of drug-likeness (QED) is 0.454. The molecule has 0 spiro atoms. The Morgan fingerprint density at radius 1 is 1.43 bits per heavy atom. The molecular formula is C6H12O7S. The Hall–Kier alpha value is -0.250. The predicted molar refractivity (Wildman–Crippen MR) is 43.7 cm³/mol. The fraction of sp³-hybridized carbons (Fsp3) is 1.00. The molecule has 0 amide bonds. The van der Waals surface area contributed by atoms with Crippen LogP contribution in [0.4, 0.5) is 0 Å². The molecule has 0 unspecified atom stereocenters. The Kier molecular flexibility index (Phi) is 3.45. The Bertz CT molecular complexity index is 287. The van der Waals surface area contributed by atoms with E-state index in [-0.39, 0.29) is 0 Å². The highest BCUT2D eigenvalue weighted by Crippen LogP contribution is 2.23. The predicted octanol–water partition coefficient (Wildman–Crippen LogP) is -2.60. The van der Waals surface area contributed by atoms with Crippen molar-refractivity contribution in [3.63, 3.8) is 0 Å². The smallest absolute Gasteiger partial charge is 0.264 e. The molecule has 0 aromatic heterocycles. The van der Waals surface area contributed by atoms with Crippen LogP contribution >= 0.6 is 0 Å². The molecule has 1 aliphatic rings. The third-order valence-electron chi connectivity index (χ3n) is 1.78. The lowest BCUT2D eigenvalue weighted by molar-refractivity contribution is -0.127. The fourth-order valence-electron chi connectivity index (χ4n) is 1.17. The highest BCUT2D eigenvalue weighted by Gasteiger charge is 2.45. The van der Waals surface area contributed by atoms with Gasteiger partial charge in [-0.05, 0) is 0 Å². The maximum Gasteiger partial charge on any atom is 0.264 e. The molecule has 84 valence electrons. The van der Waals surface area contributed by atoms with Gasteiger partial charge in [0.2, 0.25) is 0 Å². The molecule has 1 aliphatic heterocycles. The molecule has 0 aromatic rings. The van der Waals surface area contributed by atoms with Gasteiger partial charge in [-0.1, -0.05) is 0 Å². The van der Waals surface area contributed by atoms with Crippen molar-refractivity contribution in [3.8, 4) is 0 Å². The van der Waals surface area contributed by atoms with Gasteiger partial charge in [-0.2, -0.15) is 8.42 Å². The molecule has 14 heavy (non-hydrogen) atoms. The lowest BCUT2D eigenvalue weighted by Gasteiger charge is -2.15. The zero-order chi connectivity index (χ0) is 10.9. The van der Waals surface area contributed by atoms with Crippen LogP contribution < -0.4 is 0 Å². The topological polar surface area (TPSA) is 113 Å². The largest absolute Gasteiger partial charge is 0.394 e. The SMILES string of the molecule is CS(=O)(=O)O[C@@H]1[C@@H](O)[C@@H](CO)O[C@@H]1O. The molecule has 3 N–H and O–H groups in total. The molecule has 0 aromatic carbocycles. The Balaban J connectivity index is 2.70. The van der Waals surface area contributed by atoms with Crippen molar-refractivity contribution in [3.05, 3.63) is 0 Å². The van der Waals surface area contributed by atoms with Gasteiger partial charge in [0.15, 0.2) is 12.4 Å². The molecule has 0 saturated carbocycles. The van der Waals surface area contributed by atoms with E-state index in [0.717, 1.165) is 6.26 Å². The first-order chi connectivity index (χ1) is 6.35. The van der Waals surface area contributed by atoms with Gasteiger partial charge >= 0.3 is 0 Å². The van der Waals surface area contributed by atoms with Gasteiger partial charge in [0.1, 0.15) is 12.2 Å². The summed E-state index contributed by atoms with van der Waals surface area (Å²) in [5, 5.41) is 27.2. The zero-order valence-corrected chi connectivity index (χ0v) is 8.22. The van der Waals surface area contributed by atoms with Crippen molar-refractivity contribution in [2.24, 2.45) is 0 Å². The molecule has 8 heteroatoms. The van der Waals surface area contributed by atoms with Crippen LogP contribution in [0.3, 0.4) is 0 Å². The maximum absolute atomic E-state index is 10.7. The summed E-state index contributed by atoms with van der Waals surface area (Å²) < 4.78 is 30.5. The van der Waals surface area contributed by atoms with E-state index in [1.54, 1.807) is 0 Å². The van der Waals surface area contributed by atoms with Crippen molar-refractivity contribution in [1.82, 2.24) is 0 Å². The molecule has 0 radical (unpaired) electrons. The van der Waals surface area contributed by atoms with Crippen LogP contribution in [0.25, 0.3) is 0 Å². The average molecular weight is 228 g/mol. The van der Waals surface area contributed by atoms with E-state index in [4.69, 9.17) is 10.2 Å². The molecular weight excluding hydrogens is 216 g/mol. The standard InChI is InChI=1S/C6H12O7S/c1-14(10,11)13-5-4(8)3(2-7)12-6(5)9/h3-9H,2H2,1H3/t3-,4+,5-,6+/m1/s1. The van der Waals surface area contributed by atoms with Crippen LogP contribution in [0.1, 0.15) is 0 Å². The van der Waals surface area contributed by atoms with Crippen molar-refractivity contribution in [2.45, 2.75) is 24.6 Å². The number of aliphatic hydroxyl groups is 3. The molecule has 1 heterocycles. The average Bonchev–Trinajstić information content (AvgIpc) is 2.29. The summed E-state index contributed by atoms with van der Waals surface area (Å²) >= 11 is 0. The first-order valence-electron chi connectivity index (χ1n) is 3.86. The summed E-state index contributed by atoms with van der Waals surface area (Å²) in [6, 6.07) is 0. The van der Waals surface area contributed by atoms with Crippen molar-refractivity contribution < 1.29 is 32.7 Å². The molecule has 1 fully saturated rings. The second-order valence-electron chi connectivity index (χ2n) is 3.00. The summed E-state index contributed by atoms with van der Waals surface area (Å²) in [6.45, 7) is -0.526. The van der Waals surface area contributed by atoms with Crippen LogP contribution in [-0.4, -0.2) is 61.2 Å². The van der Waals surface area contributed by atoms with Crippen LogP contribution in [0.15, 0.2) is 0 Å². The molecule has 0 aliphatic carbocycles. The Morgan fingerprint density at radius 3 is 2.36 bits per heavy atom. The van der Waals surface area contributed by atoms with E-state index in [9.17, 15) is 13.5 Å². The van der Waals surface area contributed by atoms with Gasteiger partial charge in [-0.25, -0.2) is 0 Å². The lowest BCUT2D eigenvalue weighted by atomic mass is 10.1. The lowest BCUT2D eigenvalue weighted by Crippen LogP contribution is -2.37. The third kappa shape index (κ3) is 2.62. The minimum Gasteiger partial charge on any atom is -0.394 e. The van der Waals surface area contributed by atoms with Gasteiger partial charge < -0.3 is 20.1 Å². The minimum atomic E-state index is -3.79. The number of hydrogen-bond acceptors (Lipinski definition) is 7. The number of ether oxygens (including phenoxy) is 1. The maximum atomic E-state index is 10.7. The molecule has 4 atom stereocenters. The molecule has 7 nitrogen and oxygen atoms in total. The molecule has 1 saturated heterocycles.